The fourth-order valence-corrected chi connectivity index (χ4v) is 3.79. The Labute approximate surface area is 124 Å². The molecule has 1 unspecified atom stereocenters. The van der Waals surface area contributed by atoms with Crippen LogP contribution in [0.4, 0.5) is 0 Å². The van der Waals surface area contributed by atoms with Crippen LogP contribution in [0.25, 0.3) is 0 Å². The number of aryl methyl sites for hydroxylation is 2. The van der Waals surface area contributed by atoms with E-state index in [1.165, 1.54) is 13.8 Å². The van der Waals surface area contributed by atoms with Crippen LogP contribution >= 0.6 is 0 Å². The Hall–Kier alpha value is -1.38. The first-order chi connectivity index (χ1) is 9.61. The number of aliphatic hydroxyl groups excluding tert-OH is 1. The molecule has 0 aliphatic carbocycles. The number of aliphatic hydroxyl groups is 1. The molecule has 0 amide bonds. The maximum Gasteiger partial charge on any atom is 0.342 e. The molecular formula is C13H21NO6S. The van der Waals surface area contributed by atoms with Crippen LogP contribution in [-0.2, 0) is 14.8 Å². The summed E-state index contributed by atoms with van der Waals surface area (Å²) in [5.74, 6) is -0.523. The number of carbonyl (C=O) groups is 1. The summed E-state index contributed by atoms with van der Waals surface area (Å²) in [4.78, 5) is 11.5. The number of methoxy groups -OCH3 is 1. The Morgan fingerprint density at radius 1 is 1.38 bits per heavy atom. The largest absolute Gasteiger partial charge is 0.465 e. The fourth-order valence-electron chi connectivity index (χ4n) is 1.92. The second kappa shape index (κ2) is 6.17. The summed E-state index contributed by atoms with van der Waals surface area (Å²) in [6.07, 6.45) is 0.381. The van der Waals surface area contributed by atoms with Gasteiger partial charge in [0.15, 0.2) is 0 Å². The molecule has 1 aromatic rings. The third kappa shape index (κ3) is 3.45. The Kier molecular flexibility index (Phi) is 5.19. The molecule has 1 heterocycles. The standard InChI is InChI=1S/C13H21NO6S/c1-6-13(4,7-15)14-21(17,18)11-9(3)20-8(2)10(11)12(16)19-5/h14-15H,6-7H2,1-5H3. The van der Waals surface area contributed by atoms with Gasteiger partial charge < -0.3 is 14.3 Å². The first-order valence-corrected chi connectivity index (χ1v) is 7.93. The smallest absolute Gasteiger partial charge is 0.342 e. The number of hydrogen-bond acceptors (Lipinski definition) is 6. The van der Waals surface area contributed by atoms with E-state index in [-0.39, 0.29) is 28.6 Å². The van der Waals surface area contributed by atoms with Gasteiger partial charge in [-0.3, -0.25) is 0 Å². The van der Waals surface area contributed by atoms with Crippen LogP contribution in [-0.4, -0.2) is 38.7 Å². The minimum Gasteiger partial charge on any atom is -0.465 e. The van der Waals surface area contributed by atoms with Crippen molar-refractivity contribution >= 4 is 16.0 Å². The van der Waals surface area contributed by atoms with Crippen LogP contribution in [0.3, 0.4) is 0 Å². The highest BCUT2D eigenvalue weighted by molar-refractivity contribution is 7.89. The van der Waals surface area contributed by atoms with E-state index in [0.29, 0.717) is 6.42 Å². The highest BCUT2D eigenvalue weighted by Gasteiger charge is 2.35. The predicted octanol–water partition coefficient (Wildman–Crippen LogP) is 1.12. The minimum atomic E-state index is -4.04. The number of furan rings is 1. The van der Waals surface area contributed by atoms with E-state index in [1.807, 2.05) is 0 Å². The van der Waals surface area contributed by atoms with Gasteiger partial charge in [-0.2, -0.15) is 0 Å². The van der Waals surface area contributed by atoms with E-state index in [9.17, 15) is 18.3 Å². The average Bonchev–Trinajstić information content (AvgIpc) is 2.72. The van der Waals surface area contributed by atoms with Crippen molar-refractivity contribution in [3.8, 4) is 0 Å². The van der Waals surface area contributed by atoms with Gasteiger partial charge in [-0.1, -0.05) is 6.92 Å². The van der Waals surface area contributed by atoms with Gasteiger partial charge in [0.2, 0.25) is 10.0 Å². The zero-order valence-corrected chi connectivity index (χ0v) is 13.6. The molecule has 21 heavy (non-hydrogen) atoms. The molecule has 0 saturated carbocycles. The summed E-state index contributed by atoms with van der Waals surface area (Å²) in [5, 5.41) is 9.35. The van der Waals surface area contributed by atoms with Crippen molar-refractivity contribution in [3.63, 3.8) is 0 Å². The lowest BCUT2D eigenvalue weighted by Gasteiger charge is -2.26. The van der Waals surface area contributed by atoms with Gasteiger partial charge in [-0.25, -0.2) is 17.9 Å². The van der Waals surface area contributed by atoms with E-state index >= 15 is 0 Å². The van der Waals surface area contributed by atoms with Crippen molar-refractivity contribution in [1.29, 1.82) is 0 Å². The van der Waals surface area contributed by atoms with Crippen molar-refractivity contribution in [2.75, 3.05) is 13.7 Å². The van der Waals surface area contributed by atoms with Gasteiger partial charge in [0.05, 0.1) is 19.3 Å². The molecule has 0 radical (unpaired) electrons. The highest BCUT2D eigenvalue weighted by atomic mass is 32.2. The molecular weight excluding hydrogens is 298 g/mol. The molecule has 120 valence electrons. The topological polar surface area (TPSA) is 106 Å². The van der Waals surface area contributed by atoms with Crippen LogP contribution in [0.1, 0.15) is 42.1 Å². The van der Waals surface area contributed by atoms with Crippen LogP contribution in [0.2, 0.25) is 0 Å². The van der Waals surface area contributed by atoms with Gasteiger partial charge in [-0.15, -0.1) is 0 Å². The number of sulfonamides is 1. The van der Waals surface area contributed by atoms with Crippen molar-refractivity contribution in [3.05, 3.63) is 17.1 Å². The molecule has 7 nitrogen and oxygen atoms in total. The van der Waals surface area contributed by atoms with Crippen LogP contribution < -0.4 is 4.72 Å². The van der Waals surface area contributed by atoms with E-state index in [4.69, 9.17) is 4.42 Å². The lowest BCUT2D eigenvalue weighted by atomic mass is 10.0. The van der Waals surface area contributed by atoms with Crippen LogP contribution in [0.5, 0.6) is 0 Å². The SMILES string of the molecule is CCC(C)(CO)NS(=O)(=O)c1c(C)oc(C)c1C(=O)OC. The molecule has 0 aliphatic rings. The minimum absolute atomic E-state index is 0.0943. The van der Waals surface area contributed by atoms with Crippen LogP contribution in [0.15, 0.2) is 9.31 Å². The van der Waals surface area contributed by atoms with Gasteiger partial charge in [-0.05, 0) is 27.2 Å². The number of rotatable bonds is 6. The molecule has 1 rings (SSSR count). The maximum absolute atomic E-state index is 12.6. The molecule has 1 aromatic heterocycles. The Morgan fingerprint density at radius 3 is 2.38 bits per heavy atom. The fraction of sp³-hybridized carbons (Fsp3) is 0.615. The Balaban J connectivity index is 3.42. The lowest BCUT2D eigenvalue weighted by Crippen LogP contribution is -2.48. The molecule has 8 heteroatoms. The van der Waals surface area contributed by atoms with Crippen molar-refractivity contribution in [2.45, 2.75) is 44.6 Å². The molecule has 0 aromatic carbocycles. The molecule has 1 atom stereocenters. The number of ether oxygens (including phenoxy) is 1. The van der Waals surface area contributed by atoms with Gasteiger partial charge >= 0.3 is 5.97 Å². The third-order valence-corrected chi connectivity index (χ3v) is 5.16. The summed E-state index contributed by atoms with van der Waals surface area (Å²) in [6.45, 7) is 5.89. The summed E-state index contributed by atoms with van der Waals surface area (Å²) < 4.78 is 37.4. The molecule has 0 fully saturated rings. The zero-order chi connectivity index (χ0) is 16.4. The second-order valence-electron chi connectivity index (χ2n) is 5.09. The molecule has 0 saturated heterocycles. The summed E-state index contributed by atoms with van der Waals surface area (Å²) >= 11 is 0. The van der Waals surface area contributed by atoms with E-state index in [2.05, 4.69) is 9.46 Å². The van der Waals surface area contributed by atoms with E-state index in [0.717, 1.165) is 7.11 Å². The molecule has 0 spiro atoms. The van der Waals surface area contributed by atoms with Gasteiger partial charge in [0.25, 0.3) is 0 Å². The van der Waals surface area contributed by atoms with E-state index < -0.39 is 21.5 Å². The van der Waals surface area contributed by atoms with Crippen molar-refractivity contribution < 1.29 is 27.5 Å². The lowest BCUT2D eigenvalue weighted by molar-refractivity contribution is 0.0594. The zero-order valence-electron chi connectivity index (χ0n) is 12.8. The highest BCUT2D eigenvalue weighted by Crippen LogP contribution is 2.28. The first-order valence-electron chi connectivity index (χ1n) is 6.45. The first kappa shape index (κ1) is 17.7. The number of carbonyl (C=O) groups excluding carboxylic acids is 1. The predicted molar refractivity (Wildman–Crippen MR) is 75.6 cm³/mol. The van der Waals surface area contributed by atoms with Gasteiger partial charge in [0, 0.05) is 0 Å². The molecule has 0 bridgehead atoms. The van der Waals surface area contributed by atoms with E-state index in [1.54, 1.807) is 13.8 Å². The monoisotopic (exact) mass is 319 g/mol. The van der Waals surface area contributed by atoms with Crippen molar-refractivity contribution in [1.82, 2.24) is 4.72 Å². The normalized spacial score (nSPS) is 14.8. The summed E-state index contributed by atoms with van der Waals surface area (Å²) in [5.41, 5.74) is -1.15. The van der Waals surface area contributed by atoms with Gasteiger partial charge in [0.1, 0.15) is 22.0 Å². The number of nitrogens with one attached hydrogen (secondary N) is 1. The Morgan fingerprint density at radius 2 is 1.95 bits per heavy atom. The maximum atomic E-state index is 12.6. The second-order valence-corrected chi connectivity index (χ2v) is 6.71. The number of esters is 1. The summed E-state index contributed by atoms with van der Waals surface area (Å²) in [7, 11) is -2.88. The Bertz CT molecular complexity index is 627. The molecule has 0 aliphatic heterocycles. The third-order valence-electron chi connectivity index (χ3n) is 3.37. The number of hydrogen-bond donors (Lipinski definition) is 2. The van der Waals surface area contributed by atoms with Crippen LogP contribution in [0, 0.1) is 13.8 Å². The quantitative estimate of drug-likeness (QED) is 0.761. The summed E-state index contributed by atoms with van der Waals surface area (Å²) in [6, 6.07) is 0. The molecule has 2 N–H and O–H groups in total. The van der Waals surface area contributed by atoms with Crippen molar-refractivity contribution in [2.24, 2.45) is 0 Å². The average molecular weight is 319 g/mol.